The first-order valence-corrected chi connectivity index (χ1v) is 14.1. The van der Waals surface area contributed by atoms with E-state index in [4.69, 9.17) is 0 Å². The Kier molecular flexibility index (Phi) is 4.66. The summed E-state index contributed by atoms with van der Waals surface area (Å²) in [6.45, 7) is 9.51. The summed E-state index contributed by atoms with van der Waals surface area (Å²) in [7, 11) is 0. The van der Waals surface area contributed by atoms with Gasteiger partial charge in [-0.2, -0.15) is 0 Å². The number of fused-ring (bicyclic) bond motifs is 4. The summed E-state index contributed by atoms with van der Waals surface area (Å²) in [6.07, 6.45) is 3.74. The molecule has 0 amide bonds. The van der Waals surface area contributed by atoms with Crippen molar-refractivity contribution >= 4 is 10.8 Å². The number of hydrogen-bond donors (Lipinski definition) is 0. The van der Waals surface area contributed by atoms with Crippen molar-refractivity contribution in [2.24, 2.45) is 0 Å². The molecule has 6 aromatic rings. The van der Waals surface area contributed by atoms with Crippen LogP contribution in [0.3, 0.4) is 0 Å². The predicted molar refractivity (Wildman–Crippen MR) is 166 cm³/mol. The first-order chi connectivity index (χ1) is 19.4. The van der Waals surface area contributed by atoms with Gasteiger partial charge in [0.15, 0.2) is 0 Å². The second kappa shape index (κ2) is 7.99. The minimum Gasteiger partial charge on any atom is -0.256 e. The molecule has 40 heavy (non-hydrogen) atoms. The van der Waals surface area contributed by atoms with Crippen molar-refractivity contribution in [1.82, 2.24) is 9.97 Å². The Balaban J connectivity index is 1.39. The van der Waals surface area contributed by atoms with Crippen LogP contribution in [0.5, 0.6) is 0 Å². The van der Waals surface area contributed by atoms with Crippen molar-refractivity contribution in [3.63, 3.8) is 0 Å². The molecule has 0 aliphatic heterocycles. The van der Waals surface area contributed by atoms with E-state index in [1.54, 1.807) is 0 Å². The Morgan fingerprint density at radius 1 is 0.425 bits per heavy atom. The second-order valence-corrected chi connectivity index (χ2v) is 12.3. The fourth-order valence-corrected chi connectivity index (χ4v) is 7.25. The molecule has 0 fully saturated rings. The molecule has 2 heteroatoms. The van der Waals surface area contributed by atoms with Crippen LogP contribution in [-0.2, 0) is 10.8 Å². The number of rotatable bonds is 2. The second-order valence-electron chi connectivity index (χ2n) is 12.3. The Morgan fingerprint density at radius 3 is 1.25 bits per heavy atom. The SMILES string of the molecule is CC1(C)c2cc(-c3ccccn3)ccc2-c2ccc3c4c(ccc1c24)C(C)(C)c1cc(-c2ccccn2)ccc1-3. The lowest BCUT2D eigenvalue weighted by Crippen LogP contribution is -2.28. The number of aromatic nitrogens is 2. The van der Waals surface area contributed by atoms with E-state index in [2.05, 4.69) is 123 Å². The number of pyridine rings is 2. The van der Waals surface area contributed by atoms with Crippen LogP contribution in [0.25, 0.3) is 55.5 Å². The van der Waals surface area contributed by atoms with E-state index in [1.807, 2.05) is 24.5 Å². The molecular formula is C38H30N2. The molecule has 0 N–H and O–H groups in total. The first kappa shape index (κ1) is 23.3. The third-order valence-electron chi connectivity index (χ3n) is 9.39. The van der Waals surface area contributed by atoms with E-state index in [-0.39, 0.29) is 10.8 Å². The van der Waals surface area contributed by atoms with Crippen molar-refractivity contribution in [2.45, 2.75) is 38.5 Å². The number of nitrogens with zero attached hydrogens (tertiary/aromatic N) is 2. The van der Waals surface area contributed by atoms with Crippen LogP contribution < -0.4 is 0 Å². The smallest absolute Gasteiger partial charge is 0.0702 e. The molecule has 2 heterocycles. The van der Waals surface area contributed by atoms with Crippen LogP contribution in [0, 0.1) is 0 Å². The molecule has 0 spiro atoms. The van der Waals surface area contributed by atoms with E-state index >= 15 is 0 Å². The van der Waals surface area contributed by atoms with Crippen molar-refractivity contribution in [3.05, 3.63) is 132 Å². The first-order valence-electron chi connectivity index (χ1n) is 14.1. The molecule has 192 valence electrons. The van der Waals surface area contributed by atoms with Gasteiger partial charge >= 0.3 is 0 Å². The van der Waals surface area contributed by atoms with Crippen LogP contribution >= 0.6 is 0 Å². The molecule has 2 aliphatic rings. The number of hydrogen-bond acceptors (Lipinski definition) is 2. The van der Waals surface area contributed by atoms with E-state index in [1.165, 1.54) is 66.4 Å². The summed E-state index contributed by atoms with van der Waals surface area (Å²) in [4.78, 5) is 9.26. The average molecular weight is 515 g/mol. The van der Waals surface area contributed by atoms with Gasteiger partial charge in [-0.05, 0) is 91.7 Å². The maximum absolute atomic E-state index is 4.63. The topological polar surface area (TPSA) is 25.8 Å². The van der Waals surface area contributed by atoms with Crippen LogP contribution in [-0.4, -0.2) is 9.97 Å². The molecule has 0 saturated carbocycles. The standard InChI is InChI=1S/C38H30N2/c1-37(2)29-17-18-30-36-28(26-14-12-24(22-32(26)38(30,3)4)34-10-6-8-20-40-34)16-15-27(35(29)36)25-13-11-23(21-31(25)37)33-9-5-7-19-39-33/h5-22H,1-4H3. The summed E-state index contributed by atoms with van der Waals surface area (Å²) in [6, 6.07) is 35.6. The maximum atomic E-state index is 4.63. The lowest BCUT2D eigenvalue weighted by Gasteiger charge is -2.40. The van der Waals surface area contributed by atoms with E-state index < -0.39 is 0 Å². The highest BCUT2D eigenvalue weighted by molar-refractivity contribution is 6.13. The van der Waals surface area contributed by atoms with Gasteiger partial charge in [-0.3, -0.25) is 9.97 Å². The summed E-state index contributed by atoms with van der Waals surface area (Å²) < 4.78 is 0. The zero-order valence-electron chi connectivity index (χ0n) is 23.3. The van der Waals surface area contributed by atoms with Gasteiger partial charge in [0.05, 0.1) is 11.4 Å². The molecular weight excluding hydrogens is 484 g/mol. The Morgan fingerprint density at radius 2 is 0.850 bits per heavy atom. The molecule has 0 atom stereocenters. The van der Waals surface area contributed by atoms with Gasteiger partial charge in [0.2, 0.25) is 0 Å². The monoisotopic (exact) mass is 514 g/mol. The summed E-state index contributed by atoms with van der Waals surface area (Å²) >= 11 is 0. The maximum Gasteiger partial charge on any atom is 0.0702 e. The highest BCUT2D eigenvalue weighted by atomic mass is 14.7. The van der Waals surface area contributed by atoms with Gasteiger partial charge in [-0.25, -0.2) is 0 Å². The van der Waals surface area contributed by atoms with Gasteiger partial charge in [0.25, 0.3) is 0 Å². The van der Waals surface area contributed by atoms with Gasteiger partial charge in [-0.1, -0.05) is 88.4 Å². The fraction of sp³-hybridized carbons (Fsp3) is 0.158. The normalized spacial score (nSPS) is 15.4. The molecule has 0 radical (unpaired) electrons. The summed E-state index contributed by atoms with van der Waals surface area (Å²) in [5, 5.41) is 2.82. The zero-order valence-corrected chi connectivity index (χ0v) is 23.3. The third-order valence-corrected chi connectivity index (χ3v) is 9.39. The van der Waals surface area contributed by atoms with Gasteiger partial charge in [0, 0.05) is 34.4 Å². The molecule has 0 unspecified atom stereocenters. The minimum absolute atomic E-state index is 0.141. The summed E-state index contributed by atoms with van der Waals surface area (Å²) in [5.41, 5.74) is 14.9. The van der Waals surface area contributed by atoms with Crippen molar-refractivity contribution in [2.75, 3.05) is 0 Å². The predicted octanol–water partition coefficient (Wildman–Crippen LogP) is 9.58. The van der Waals surface area contributed by atoms with Crippen molar-refractivity contribution in [1.29, 1.82) is 0 Å². The minimum atomic E-state index is -0.141. The molecule has 2 aliphatic carbocycles. The Hall–Kier alpha value is -4.56. The quantitative estimate of drug-likeness (QED) is 0.230. The lowest BCUT2D eigenvalue weighted by molar-refractivity contribution is 0.633. The van der Waals surface area contributed by atoms with Gasteiger partial charge < -0.3 is 0 Å². The average Bonchev–Trinajstić information content (AvgIpc) is 2.99. The van der Waals surface area contributed by atoms with Gasteiger partial charge in [0.1, 0.15) is 0 Å². The fourth-order valence-electron chi connectivity index (χ4n) is 7.25. The van der Waals surface area contributed by atoms with Crippen molar-refractivity contribution in [3.8, 4) is 44.8 Å². The lowest BCUT2D eigenvalue weighted by atomic mass is 9.62. The molecule has 0 bridgehead atoms. The Bertz CT molecular complexity index is 1840. The van der Waals surface area contributed by atoms with E-state index in [9.17, 15) is 0 Å². The van der Waals surface area contributed by atoms with Gasteiger partial charge in [-0.15, -0.1) is 0 Å². The molecule has 4 aromatic carbocycles. The largest absolute Gasteiger partial charge is 0.256 e. The van der Waals surface area contributed by atoms with Crippen molar-refractivity contribution < 1.29 is 0 Å². The zero-order chi connectivity index (χ0) is 27.2. The molecule has 2 aromatic heterocycles. The highest BCUT2D eigenvalue weighted by Crippen LogP contribution is 2.56. The highest BCUT2D eigenvalue weighted by Gasteiger charge is 2.39. The van der Waals surface area contributed by atoms with Crippen LogP contribution in [0.4, 0.5) is 0 Å². The van der Waals surface area contributed by atoms with E-state index in [0.717, 1.165) is 11.4 Å². The van der Waals surface area contributed by atoms with Crippen LogP contribution in [0.15, 0.2) is 109 Å². The Labute approximate surface area is 235 Å². The van der Waals surface area contributed by atoms with Crippen LogP contribution in [0.1, 0.15) is 49.9 Å². The number of benzene rings is 4. The third kappa shape index (κ3) is 3.05. The molecule has 0 saturated heterocycles. The summed E-state index contributed by atoms with van der Waals surface area (Å²) in [5.74, 6) is 0. The molecule has 2 nitrogen and oxygen atoms in total. The van der Waals surface area contributed by atoms with Crippen LogP contribution in [0.2, 0.25) is 0 Å². The molecule has 8 rings (SSSR count). The van der Waals surface area contributed by atoms with E-state index in [0.29, 0.717) is 0 Å².